The predicted molar refractivity (Wildman–Crippen MR) is 124 cm³/mol. The van der Waals surface area contributed by atoms with E-state index in [1.807, 2.05) is 36.4 Å². The van der Waals surface area contributed by atoms with Crippen LogP contribution in [0, 0.1) is 11.3 Å². The summed E-state index contributed by atoms with van der Waals surface area (Å²) in [6.07, 6.45) is 7.96. The lowest BCUT2D eigenvalue weighted by Gasteiger charge is -2.35. The molecule has 0 atom stereocenters. The van der Waals surface area contributed by atoms with Crippen molar-refractivity contribution in [2.75, 3.05) is 10.6 Å². The monoisotopic (exact) mass is 409 g/mol. The van der Waals surface area contributed by atoms with Gasteiger partial charge in [0, 0.05) is 23.4 Å². The maximum atomic E-state index is 9.59. The van der Waals surface area contributed by atoms with Crippen LogP contribution < -0.4 is 10.6 Å². The van der Waals surface area contributed by atoms with Crippen LogP contribution >= 0.6 is 0 Å². The van der Waals surface area contributed by atoms with Crippen molar-refractivity contribution < 1.29 is 0 Å². The molecular weight excluding hydrogens is 382 g/mol. The zero-order chi connectivity index (χ0) is 21.1. The third kappa shape index (κ3) is 4.11. The number of anilines is 3. The molecule has 2 aromatic carbocycles. The summed E-state index contributed by atoms with van der Waals surface area (Å²) in [7, 11) is 0. The summed E-state index contributed by atoms with van der Waals surface area (Å²) in [6.45, 7) is 0. The molecule has 0 saturated heterocycles. The average Bonchev–Trinajstić information content (AvgIpc) is 3.28. The third-order valence-electron chi connectivity index (χ3n) is 6.62. The molecule has 1 aromatic heterocycles. The Bertz CT molecular complexity index is 1080. The predicted octanol–water partition coefficient (Wildman–Crippen LogP) is 6.19. The Hall–Kier alpha value is -3.39. The molecule has 156 valence electrons. The topological polar surface area (TPSA) is 73.6 Å². The fourth-order valence-electron chi connectivity index (χ4n) is 4.61. The molecule has 0 aliphatic heterocycles. The van der Waals surface area contributed by atoms with Crippen molar-refractivity contribution in [1.29, 1.82) is 5.26 Å². The molecule has 31 heavy (non-hydrogen) atoms. The quantitative estimate of drug-likeness (QED) is 0.508. The van der Waals surface area contributed by atoms with E-state index in [2.05, 4.69) is 41.0 Å². The molecule has 2 N–H and O–H groups in total. The molecule has 1 heterocycles. The van der Waals surface area contributed by atoms with Gasteiger partial charge in [-0.15, -0.1) is 0 Å². The van der Waals surface area contributed by atoms with Gasteiger partial charge in [-0.05, 0) is 49.8 Å². The molecule has 0 radical (unpaired) electrons. The van der Waals surface area contributed by atoms with Crippen LogP contribution in [-0.2, 0) is 5.41 Å². The summed E-state index contributed by atoms with van der Waals surface area (Å²) >= 11 is 0. The fourth-order valence-corrected chi connectivity index (χ4v) is 4.61. The van der Waals surface area contributed by atoms with E-state index in [9.17, 15) is 5.26 Å². The van der Waals surface area contributed by atoms with Gasteiger partial charge >= 0.3 is 0 Å². The number of nitrogens with one attached hydrogen (secondary N) is 2. The van der Waals surface area contributed by atoms with Gasteiger partial charge < -0.3 is 10.6 Å². The standard InChI is InChI=1S/C26H27N5/c27-18-26(15-6-16-26)20-11-13-22(14-12-20)29-25-30-23(19-7-2-1-3-8-19)17-24(31-25)28-21-9-4-5-10-21/h1-3,7-8,11-14,17,21H,4-6,9-10,15-16H2,(H2,28,29,30,31). The van der Waals surface area contributed by atoms with Crippen molar-refractivity contribution in [1.82, 2.24) is 9.97 Å². The van der Waals surface area contributed by atoms with E-state index in [4.69, 9.17) is 9.97 Å². The maximum Gasteiger partial charge on any atom is 0.229 e. The summed E-state index contributed by atoms with van der Waals surface area (Å²) in [5.74, 6) is 1.44. The second-order valence-electron chi connectivity index (χ2n) is 8.70. The van der Waals surface area contributed by atoms with E-state index in [1.54, 1.807) is 0 Å². The molecule has 2 fully saturated rings. The summed E-state index contributed by atoms with van der Waals surface area (Å²) in [5, 5.41) is 16.6. The number of nitrogens with zero attached hydrogens (tertiary/aromatic N) is 3. The van der Waals surface area contributed by atoms with Gasteiger partial charge in [0.15, 0.2) is 0 Å². The van der Waals surface area contributed by atoms with Crippen molar-refractivity contribution in [2.45, 2.75) is 56.4 Å². The van der Waals surface area contributed by atoms with Crippen molar-refractivity contribution in [2.24, 2.45) is 0 Å². The molecule has 2 aliphatic rings. The molecule has 5 rings (SSSR count). The normalized spacial score (nSPS) is 17.5. The SMILES string of the molecule is N#CC1(c2ccc(Nc3nc(NC4CCCC4)cc(-c4ccccc4)n3)cc2)CCC1. The lowest BCUT2D eigenvalue weighted by molar-refractivity contribution is 0.324. The Morgan fingerprint density at radius 3 is 2.29 bits per heavy atom. The Balaban J connectivity index is 1.41. The minimum atomic E-state index is -0.291. The van der Waals surface area contributed by atoms with Gasteiger partial charge in [-0.3, -0.25) is 0 Å². The second-order valence-corrected chi connectivity index (χ2v) is 8.70. The number of hydrogen-bond acceptors (Lipinski definition) is 5. The summed E-state index contributed by atoms with van der Waals surface area (Å²) in [4.78, 5) is 9.52. The first-order valence-corrected chi connectivity index (χ1v) is 11.2. The summed E-state index contributed by atoms with van der Waals surface area (Å²) in [6, 6.07) is 23.4. The van der Waals surface area contributed by atoms with Crippen LogP contribution in [0.4, 0.5) is 17.5 Å². The Kier molecular flexibility index (Phi) is 5.30. The molecule has 0 spiro atoms. The van der Waals surface area contributed by atoms with Crippen molar-refractivity contribution in [3.05, 3.63) is 66.2 Å². The minimum Gasteiger partial charge on any atom is -0.367 e. The number of aromatic nitrogens is 2. The third-order valence-corrected chi connectivity index (χ3v) is 6.62. The molecule has 2 aliphatic carbocycles. The molecular formula is C26H27N5. The first-order chi connectivity index (χ1) is 15.2. The highest BCUT2D eigenvalue weighted by Gasteiger charge is 2.38. The van der Waals surface area contributed by atoms with Crippen LogP contribution in [0.2, 0.25) is 0 Å². The fraction of sp³-hybridized carbons (Fsp3) is 0.346. The van der Waals surface area contributed by atoms with Crippen LogP contribution in [0.25, 0.3) is 11.3 Å². The van der Waals surface area contributed by atoms with Gasteiger partial charge in [-0.2, -0.15) is 10.2 Å². The molecule has 2 saturated carbocycles. The van der Waals surface area contributed by atoms with Gasteiger partial charge in [0.25, 0.3) is 0 Å². The molecule has 5 nitrogen and oxygen atoms in total. The van der Waals surface area contributed by atoms with Gasteiger partial charge in [-0.1, -0.05) is 55.3 Å². The van der Waals surface area contributed by atoms with E-state index >= 15 is 0 Å². The molecule has 3 aromatic rings. The average molecular weight is 410 g/mol. The number of benzene rings is 2. The van der Waals surface area contributed by atoms with Crippen molar-refractivity contribution >= 4 is 17.5 Å². The largest absolute Gasteiger partial charge is 0.367 e. The lowest BCUT2D eigenvalue weighted by atomic mass is 9.65. The van der Waals surface area contributed by atoms with Gasteiger partial charge in [0.05, 0.1) is 17.2 Å². The highest BCUT2D eigenvalue weighted by molar-refractivity contribution is 5.66. The zero-order valence-corrected chi connectivity index (χ0v) is 17.6. The Labute approximate surface area is 183 Å². The van der Waals surface area contributed by atoms with Crippen LogP contribution in [0.5, 0.6) is 0 Å². The van der Waals surface area contributed by atoms with Crippen LogP contribution in [0.15, 0.2) is 60.7 Å². The first-order valence-electron chi connectivity index (χ1n) is 11.2. The van der Waals surface area contributed by atoms with Crippen molar-refractivity contribution in [3.63, 3.8) is 0 Å². The van der Waals surface area contributed by atoms with Crippen LogP contribution in [0.1, 0.15) is 50.5 Å². The smallest absolute Gasteiger partial charge is 0.229 e. The molecule has 0 bridgehead atoms. The second kappa shape index (κ2) is 8.39. The molecule has 0 unspecified atom stereocenters. The van der Waals surface area contributed by atoms with Crippen molar-refractivity contribution in [3.8, 4) is 17.3 Å². The zero-order valence-electron chi connectivity index (χ0n) is 17.6. The van der Waals surface area contributed by atoms with E-state index in [-0.39, 0.29) is 5.41 Å². The van der Waals surface area contributed by atoms with Gasteiger partial charge in [0.1, 0.15) is 5.82 Å². The highest BCUT2D eigenvalue weighted by Crippen LogP contribution is 2.43. The minimum absolute atomic E-state index is 0.291. The summed E-state index contributed by atoms with van der Waals surface area (Å²) in [5.41, 5.74) is 3.70. The van der Waals surface area contributed by atoms with Gasteiger partial charge in [-0.25, -0.2) is 4.98 Å². The van der Waals surface area contributed by atoms with Gasteiger partial charge in [0.2, 0.25) is 5.95 Å². The highest BCUT2D eigenvalue weighted by atomic mass is 15.2. The van der Waals surface area contributed by atoms with E-state index < -0.39 is 0 Å². The lowest BCUT2D eigenvalue weighted by Crippen LogP contribution is -2.32. The molecule has 5 heteroatoms. The van der Waals surface area contributed by atoms with Crippen LogP contribution in [-0.4, -0.2) is 16.0 Å². The Morgan fingerprint density at radius 2 is 1.65 bits per heavy atom. The van der Waals surface area contributed by atoms with Crippen LogP contribution in [0.3, 0.4) is 0 Å². The molecule has 0 amide bonds. The van der Waals surface area contributed by atoms with E-state index in [0.29, 0.717) is 12.0 Å². The number of rotatable bonds is 6. The van der Waals surface area contributed by atoms with E-state index in [1.165, 1.54) is 25.7 Å². The van der Waals surface area contributed by atoms with E-state index in [0.717, 1.165) is 47.6 Å². The number of nitriles is 1. The first kappa shape index (κ1) is 19.6. The number of hydrogen-bond donors (Lipinski definition) is 2. The Morgan fingerprint density at radius 1 is 0.903 bits per heavy atom. The maximum absolute atomic E-state index is 9.59. The summed E-state index contributed by atoms with van der Waals surface area (Å²) < 4.78 is 0.